The first kappa shape index (κ1) is 17.8. The van der Waals surface area contributed by atoms with E-state index in [0.717, 1.165) is 4.90 Å². The van der Waals surface area contributed by atoms with Crippen LogP contribution >= 0.6 is 23.2 Å². The molecule has 0 saturated carbocycles. The molecule has 1 fully saturated rings. The summed E-state index contributed by atoms with van der Waals surface area (Å²) in [5.74, 6) is -0.370. The minimum atomic E-state index is -1.21. The molecule has 0 bridgehead atoms. The lowest BCUT2D eigenvalue weighted by molar-refractivity contribution is -0.132. The van der Waals surface area contributed by atoms with Gasteiger partial charge in [0.05, 0.1) is 18.2 Å². The molecule has 1 saturated heterocycles. The van der Waals surface area contributed by atoms with E-state index in [-0.39, 0.29) is 17.2 Å². The monoisotopic (exact) mass is 404 g/mol. The molecule has 2 heterocycles. The minimum absolute atomic E-state index is 0.172. The van der Waals surface area contributed by atoms with Gasteiger partial charge in [0.25, 0.3) is 5.91 Å². The number of ketones is 1. The van der Waals surface area contributed by atoms with E-state index in [9.17, 15) is 14.4 Å². The van der Waals surface area contributed by atoms with Gasteiger partial charge in [0.2, 0.25) is 0 Å². The maximum absolute atomic E-state index is 13.1. The Hall–Kier alpha value is -2.57. The third-order valence-electron chi connectivity index (χ3n) is 4.79. The normalized spacial score (nSPS) is 21.0. The number of carbonyl (C=O) groups is 3. The van der Waals surface area contributed by atoms with Crippen LogP contribution in [0.4, 0.5) is 4.79 Å². The molecule has 2 aliphatic heterocycles. The van der Waals surface area contributed by atoms with E-state index in [4.69, 9.17) is 27.9 Å². The Morgan fingerprint density at radius 1 is 1.19 bits per heavy atom. The number of rotatable bonds is 3. The van der Waals surface area contributed by atoms with Gasteiger partial charge in [0.1, 0.15) is 5.75 Å². The second-order valence-electron chi connectivity index (χ2n) is 6.37. The van der Waals surface area contributed by atoms with Crippen molar-refractivity contribution in [3.8, 4) is 5.75 Å². The maximum Gasteiger partial charge on any atom is 0.325 e. The summed E-state index contributed by atoms with van der Waals surface area (Å²) in [5, 5.41) is 3.32. The first-order valence-electron chi connectivity index (χ1n) is 8.27. The summed E-state index contributed by atoms with van der Waals surface area (Å²) in [6, 6.07) is 10.9. The van der Waals surface area contributed by atoms with Crippen LogP contribution in [0.25, 0.3) is 0 Å². The number of nitrogens with zero attached hydrogens (tertiary/aromatic N) is 1. The van der Waals surface area contributed by atoms with Crippen molar-refractivity contribution in [3.05, 3.63) is 63.6 Å². The summed E-state index contributed by atoms with van der Waals surface area (Å²) < 4.78 is 5.59. The Kier molecular flexibility index (Phi) is 4.32. The molecule has 27 heavy (non-hydrogen) atoms. The number of Topliss-reactive ketones (excluding diaryl/α,β-unsaturated/α-hetero) is 1. The highest BCUT2D eigenvalue weighted by molar-refractivity contribution is 6.37. The van der Waals surface area contributed by atoms with E-state index < -0.39 is 29.8 Å². The zero-order valence-corrected chi connectivity index (χ0v) is 15.5. The molecule has 2 aliphatic rings. The van der Waals surface area contributed by atoms with Gasteiger partial charge in [0.15, 0.2) is 11.3 Å². The Morgan fingerprint density at radius 2 is 1.96 bits per heavy atom. The van der Waals surface area contributed by atoms with Gasteiger partial charge in [-0.05, 0) is 24.3 Å². The number of urea groups is 1. The van der Waals surface area contributed by atoms with Crippen molar-refractivity contribution in [2.24, 2.45) is 0 Å². The Balaban J connectivity index is 1.64. The molecule has 1 atom stereocenters. The molecule has 0 radical (unpaired) electrons. The molecular formula is C19H14Cl2N2O4. The molecule has 6 nitrogen and oxygen atoms in total. The summed E-state index contributed by atoms with van der Waals surface area (Å²) >= 11 is 11.9. The quantitative estimate of drug-likeness (QED) is 0.628. The van der Waals surface area contributed by atoms with Crippen LogP contribution in [0, 0.1) is 0 Å². The van der Waals surface area contributed by atoms with Crippen LogP contribution in [0.1, 0.15) is 22.3 Å². The number of hydrogen-bond donors (Lipinski definition) is 1. The minimum Gasteiger partial charge on any atom is -0.493 e. The fourth-order valence-corrected chi connectivity index (χ4v) is 3.97. The van der Waals surface area contributed by atoms with Crippen LogP contribution in [-0.2, 0) is 10.3 Å². The van der Waals surface area contributed by atoms with E-state index >= 15 is 0 Å². The molecule has 1 spiro atoms. The number of benzene rings is 2. The van der Waals surface area contributed by atoms with Gasteiger partial charge < -0.3 is 10.1 Å². The molecular weight excluding hydrogens is 391 g/mol. The third kappa shape index (κ3) is 2.85. The predicted molar refractivity (Wildman–Crippen MR) is 99.3 cm³/mol. The summed E-state index contributed by atoms with van der Waals surface area (Å²) in [5.41, 5.74) is -0.417. The van der Waals surface area contributed by atoms with Crippen LogP contribution in [0.3, 0.4) is 0 Å². The number of hydrogen-bond acceptors (Lipinski definition) is 4. The second kappa shape index (κ2) is 6.55. The van der Waals surface area contributed by atoms with Gasteiger partial charge >= 0.3 is 6.03 Å². The van der Waals surface area contributed by atoms with E-state index in [0.29, 0.717) is 22.8 Å². The van der Waals surface area contributed by atoms with Crippen LogP contribution in [0.5, 0.6) is 5.75 Å². The Labute approximate surface area is 165 Å². The lowest BCUT2D eigenvalue weighted by Gasteiger charge is -2.33. The molecule has 1 N–H and O–H groups in total. The van der Waals surface area contributed by atoms with Crippen LogP contribution < -0.4 is 10.1 Å². The number of carbonyl (C=O) groups excluding carboxylic acids is 3. The number of ether oxygens (including phenoxy) is 1. The van der Waals surface area contributed by atoms with Crippen molar-refractivity contribution < 1.29 is 19.1 Å². The van der Waals surface area contributed by atoms with E-state index in [2.05, 4.69) is 5.32 Å². The van der Waals surface area contributed by atoms with E-state index in [1.807, 2.05) is 0 Å². The first-order chi connectivity index (χ1) is 12.9. The number of para-hydroxylation sites is 1. The molecule has 8 heteroatoms. The number of imide groups is 1. The summed E-state index contributed by atoms with van der Waals surface area (Å²) in [7, 11) is 0. The third-order valence-corrected chi connectivity index (χ3v) is 5.34. The van der Waals surface area contributed by atoms with Gasteiger partial charge in [-0.15, -0.1) is 0 Å². The zero-order valence-electron chi connectivity index (χ0n) is 14.0. The standard InChI is InChI=1S/C19H14Cl2N2O4/c20-11-5-6-12(14(21)9-11)15(24)10-23-17(25)19(22-18(23)26)7-8-27-16-4-2-1-3-13(16)19/h1-6,9H,7-8,10H2,(H,22,26)/t19-/m1/s1. The van der Waals surface area contributed by atoms with Crippen LogP contribution in [0.2, 0.25) is 10.0 Å². The molecule has 138 valence electrons. The lowest BCUT2D eigenvalue weighted by Crippen LogP contribution is -2.47. The topological polar surface area (TPSA) is 75.7 Å². The van der Waals surface area contributed by atoms with Crippen LogP contribution in [-0.4, -0.2) is 35.8 Å². The van der Waals surface area contributed by atoms with Crippen molar-refractivity contribution >= 4 is 40.9 Å². The zero-order chi connectivity index (χ0) is 19.2. The summed E-state index contributed by atoms with van der Waals surface area (Å²) in [4.78, 5) is 39.2. The predicted octanol–water partition coefficient (Wildman–Crippen LogP) is 3.41. The van der Waals surface area contributed by atoms with Crippen molar-refractivity contribution in [3.63, 3.8) is 0 Å². The highest BCUT2D eigenvalue weighted by Gasteiger charge is 2.55. The molecule has 2 aromatic rings. The maximum atomic E-state index is 13.1. The van der Waals surface area contributed by atoms with Crippen molar-refractivity contribution in [2.75, 3.05) is 13.2 Å². The highest BCUT2D eigenvalue weighted by atomic mass is 35.5. The first-order valence-corrected chi connectivity index (χ1v) is 9.02. The Morgan fingerprint density at radius 3 is 2.74 bits per heavy atom. The molecule has 0 aliphatic carbocycles. The number of nitrogens with one attached hydrogen (secondary N) is 1. The van der Waals surface area contributed by atoms with Crippen molar-refractivity contribution in [1.29, 1.82) is 0 Å². The second-order valence-corrected chi connectivity index (χ2v) is 7.21. The summed E-state index contributed by atoms with van der Waals surface area (Å²) in [6.07, 6.45) is 0.293. The van der Waals surface area contributed by atoms with Gasteiger partial charge in [-0.1, -0.05) is 41.4 Å². The fraction of sp³-hybridized carbons (Fsp3) is 0.211. The number of fused-ring (bicyclic) bond motifs is 2. The molecule has 2 aromatic carbocycles. The average molecular weight is 405 g/mol. The molecule has 3 amide bonds. The van der Waals surface area contributed by atoms with Gasteiger partial charge in [0, 0.05) is 22.6 Å². The van der Waals surface area contributed by atoms with Crippen molar-refractivity contribution in [1.82, 2.24) is 10.2 Å². The SMILES string of the molecule is O=C(CN1C(=O)N[C@@]2(CCOc3ccccc32)C1=O)c1ccc(Cl)cc1Cl. The van der Waals surface area contributed by atoms with Crippen molar-refractivity contribution in [2.45, 2.75) is 12.0 Å². The van der Waals surface area contributed by atoms with Gasteiger partial charge in [-0.3, -0.25) is 14.5 Å². The number of halogens is 2. The smallest absolute Gasteiger partial charge is 0.325 e. The van der Waals surface area contributed by atoms with E-state index in [1.54, 1.807) is 24.3 Å². The Bertz CT molecular complexity index is 978. The van der Waals surface area contributed by atoms with Crippen LogP contribution in [0.15, 0.2) is 42.5 Å². The highest BCUT2D eigenvalue weighted by Crippen LogP contribution is 2.41. The number of amides is 3. The van der Waals surface area contributed by atoms with Gasteiger partial charge in [-0.2, -0.15) is 0 Å². The van der Waals surface area contributed by atoms with Gasteiger partial charge in [-0.25, -0.2) is 4.79 Å². The van der Waals surface area contributed by atoms with E-state index in [1.165, 1.54) is 18.2 Å². The molecule has 0 unspecified atom stereocenters. The molecule has 4 rings (SSSR count). The summed E-state index contributed by atoms with van der Waals surface area (Å²) in [6.45, 7) is -0.120. The average Bonchev–Trinajstić information content (AvgIpc) is 2.87. The fourth-order valence-electron chi connectivity index (χ4n) is 3.46. The molecule has 0 aromatic heterocycles. The lowest BCUT2D eigenvalue weighted by atomic mass is 9.84. The largest absolute Gasteiger partial charge is 0.493 e.